The zero-order valence-electron chi connectivity index (χ0n) is 27.8. The van der Waals surface area contributed by atoms with E-state index in [1.807, 2.05) is 18.7 Å². The Hall–Kier alpha value is -1.92. The molecule has 0 saturated heterocycles. The molecule has 3 aliphatic rings. The maximum absolute atomic E-state index is 13.0. The van der Waals surface area contributed by atoms with E-state index in [-0.39, 0.29) is 12.1 Å². The number of carboxylic acids is 1. The first-order chi connectivity index (χ1) is 20.7. The molecular formula is C35H63N3O5. The molecule has 2 atom stereocenters. The summed E-state index contributed by atoms with van der Waals surface area (Å²) >= 11 is 0. The minimum absolute atomic E-state index is 0.0865. The number of carbonyl (C=O) groups excluding carboxylic acids is 2. The van der Waals surface area contributed by atoms with Crippen molar-refractivity contribution < 1.29 is 24.2 Å². The summed E-state index contributed by atoms with van der Waals surface area (Å²) in [6, 6.07) is 0.721. The van der Waals surface area contributed by atoms with Crippen molar-refractivity contribution in [2.75, 3.05) is 19.7 Å². The van der Waals surface area contributed by atoms with Crippen LogP contribution >= 0.6 is 0 Å². The average molecular weight is 606 g/mol. The van der Waals surface area contributed by atoms with Crippen molar-refractivity contribution in [1.29, 1.82) is 0 Å². The fourth-order valence-corrected chi connectivity index (χ4v) is 6.68. The Balaban J connectivity index is 0.000000609. The van der Waals surface area contributed by atoms with Gasteiger partial charge in [-0.1, -0.05) is 84.0 Å². The van der Waals surface area contributed by atoms with Gasteiger partial charge in [0.15, 0.2) is 0 Å². The fraction of sp³-hybridized carbons (Fsp3) is 0.914. The maximum atomic E-state index is 13.0. The molecule has 3 rings (SSSR count). The van der Waals surface area contributed by atoms with E-state index in [2.05, 4.69) is 17.2 Å². The monoisotopic (exact) mass is 605 g/mol. The standard InChI is InChI=1S/C28H52N2O4.C7H11NO/c1-4-5-6-7-11-19-30(27(33)29-24-14-9-8-10-15-24)20-21-34-25-16-12-13-23(22-25)17-18-28(2,3)26(31)32;9-6-8-7-4-2-1-3-5-7/h23-25H,4-22H2,1-3H3,(H,29,33)(H,31,32);7H,1-5H2/t23-,25-;/m0./s1. The predicted octanol–water partition coefficient (Wildman–Crippen LogP) is 8.42. The third-order valence-electron chi connectivity index (χ3n) is 9.77. The zero-order chi connectivity index (χ0) is 31.3. The normalized spacial score (nSPS) is 21.7. The van der Waals surface area contributed by atoms with Crippen molar-refractivity contribution in [3.8, 4) is 0 Å². The number of hydrogen-bond donors (Lipinski definition) is 2. The van der Waals surface area contributed by atoms with Gasteiger partial charge in [-0.15, -0.1) is 0 Å². The van der Waals surface area contributed by atoms with Gasteiger partial charge < -0.3 is 20.1 Å². The molecule has 3 fully saturated rings. The molecular weight excluding hydrogens is 542 g/mol. The van der Waals surface area contributed by atoms with E-state index in [0.717, 1.165) is 64.3 Å². The highest BCUT2D eigenvalue weighted by molar-refractivity contribution is 5.74. The summed E-state index contributed by atoms with van der Waals surface area (Å²) in [5, 5.41) is 12.7. The topological polar surface area (TPSA) is 108 Å². The average Bonchev–Trinajstić information content (AvgIpc) is 3.01. The summed E-state index contributed by atoms with van der Waals surface area (Å²) in [5.74, 6) is -0.168. The molecule has 8 heteroatoms. The summed E-state index contributed by atoms with van der Waals surface area (Å²) in [6.45, 7) is 7.92. The van der Waals surface area contributed by atoms with Crippen LogP contribution < -0.4 is 5.32 Å². The van der Waals surface area contributed by atoms with Crippen LogP contribution in [-0.4, -0.2) is 66.0 Å². The Kier molecular flexibility index (Phi) is 18.8. The summed E-state index contributed by atoms with van der Waals surface area (Å²) in [4.78, 5) is 39.9. The van der Waals surface area contributed by atoms with Gasteiger partial charge in [0.1, 0.15) is 0 Å². The lowest BCUT2D eigenvalue weighted by molar-refractivity contribution is -0.147. The summed E-state index contributed by atoms with van der Waals surface area (Å²) in [7, 11) is 0. The first kappa shape index (κ1) is 37.3. The van der Waals surface area contributed by atoms with Crippen LogP contribution in [0.3, 0.4) is 0 Å². The molecule has 0 spiro atoms. The fourth-order valence-electron chi connectivity index (χ4n) is 6.68. The number of ether oxygens (including phenoxy) is 1. The second-order valence-corrected chi connectivity index (χ2v) is 14.0. The van der Waals surface area contributed by atoms with E-state index < -0.39 is 11.4 Å². The molecule has 0 unspecified atom stereocenters. The molecule has 248 valence electrons. The number of carboxylic acid groups (broad SMARTS) is 1. The molecule has 0 aromatic carbocycles. The quantitative estimate of drug-likeness (QED) is 0.104. The molecule has 43 heavy (non-hydrogen) atoms. The van der Waals surface area contributed by atoms with Crippen LogP contribution in [0.5, 0.6) is 0 Å². The van der Waals surface area contributed by atoms with Gasteiger partial charge in [-0.3, -0.25) is 4.79 Å². The van der Waals surface area contributed by atoms with Gasteiger partial charge in [0.2, 0.25) is 6.08 Å². The highest BCUT2D eigenvalue weighted by Gasteiger charge is 2.30. The van der Waals surface area contributed by atoms with Crippen molar-refractivity contribution in [3.05, 3.63) is 0 Å². The van der Waals surface area contributed by atoms with E-state index in [0.29, 0.717) is 37.6 Å². The molecule has 2 N–H and O–H groups in total. The first-order valence-corrected chi connectivity index (χ1v) is 17.7. The van der Waals surface area contributed by atoms with Crippen LogP contribution in [-0.2, 0) is 14.3 Å². The SMILES string of the molecule is CCCCCCCN(CCO[C@H]1CCC[C@@H](CCC(C)(C)C(=O)O)C1)C(=O)NC1CCCCC1.O=C=NC1CCCCC1. The second-order valence-electron chi connectivity index (χ2n) is 14.0. The molecule has 0 aromatic rings. The Morgan fingerprint density at radius 1 is 0.907 bits per heavy atom. The van der Waals surface area contributed by atoms with E-state index in [1.165, 1.54) is 70.6 Å². The lowest BCUT2D eigenvalue weighted by Crippen LogP contribution is -2.47. The van der Waals surface area contributed by atoms with Crippen molar-refractivity contribution in [2.45, 2.75) is 174 Å². The highest BCUT2D eigenvalue weighted by atomic mass is 16.5. The smallest absolute Gasteiger partial charge is 0.317 e. The van der Waals surface area contributed by atoms with E-state index in [9.17, 15) is 19.5 Å². The molecule has 0 heterocycles. The Morgan fingerprint density at radius 2 is 1.58 bits per heavy atom. The Morgan fingerprint density at radius 3 is 2.23 bits per heavy atom. The number of aliphatic carboxylic acids is 1. The molecule has 8 nitrogen and oxygen atoms in total. The molecule has 0 aromatic heterocycles. The largest absolute Gasteiger partial charge is 0.481 e. The van der Waals surface area contributed by atoms with Crippen molar-refractivity contribution in [2.24, 2.45) is 16.3 Å². The van der Waals surface area contributed by atoms with Gasteiger partial charge in [0.25, 0.3) is 0 Å². The number of urea groups is 1. The second kappa shape index (κ2) is 21.7. The molecule has 3 aliphatic carbocycles. The van der Waals surface area contributed by atoms with Crippen molar-refractivity contribution in [3.63, 3.8) is 0 Å². The van der Waals surface area contributed by atoms with Gasteiger partial charge in [-0.2, -0.15) is 0 Å². The van der Waals surface area contributed by atoms with Gasteiger partial charge in [-0.05, 0) is 77.6 Å². The number of unbranched alkanes of at least 4 members (excludes halogenated alkanes) is 4. The van der Waals surface area contributed by atoms with Gasteiger partial charge in [-0.25, -0.2) is 14.6 Å². The van der Waals surface area contributed by atoms with Crippen LogP contribution in [0.15, 0.2) is 4.99 Å². The number of aliphatic imine (C=N–C) groups is 1. The third kappa shape index (κ3) is 16.1. The van der Waals surface area contributed by atoms with Gasteiger partial charge in [0, 0.05) is 19.1 Å². The predicted molar refractivity (Wildman–Crippen MR) is 173 cm³/mol. The molecule has 0 aliphatic heterocycles. The zero-order valence-corrected chi connectivity index (χ0v) is 27.8. The molecule has 2 amide bonds. The van der Waals surface area contributed by atoms with Crippen LogP contribution in [0.1, 0.15) is 156 Å². The van der Waals surface area contributed by atoms with Gasteiger partial charge in [0.05, 0.1) is 24.2 Å². The number of isocyanates is 1. The Labute approximate surface area is 262 Å². The highest BCUT2D eigenvalue weighted by Crippen LogP contribution is 2.33. The third-order valence-corrected chi connectivity index (χ3v) is 9.77. The van der Waals surface area contributed by atoms with Gasteiger partial charge >= 0.3 is 12.0 Å². The number of amides is 2. The van der Waals surface area contributed by atoms with Crippen LogP contribution in [0, 0.1) is 11.3 Å². The maximum Gasteiger partial charge on any atom is 0.317 e. The minimum atomic E-state index is -0.711. The number of nitrogens with one attached hydrogen (secondary N) is 1. The lowest BCUT2D eigenvalue weighted by Gasteiger charge is -2.32. The summed E-state index contributed by atoms with van der Waals surface area (Å²) in [5.41, 5.74) is -0.656. The molecule has 0 radical (unpaired) electrons. The summed E-state index contributed by atoms with van der Waals surface area (Å²) in [6.07, 6.45) is 25.8. The number of nitrogens with zero attached hydrogens (tertiary/aromatic N) is 2. The number of rotatable bonds is 16. The van der Waals surface area contributed by atoms with Crippen LogP contribution in [0.2, 0.25) is 0 Å². The van der Waals surface area contributed by atoms with E-state index in [4.69, 9.17) is 4.74 Å². The minimum Gasteiger partial charge on any atom is -0.481 e. The lowest BCUT2D eigenvalue weighted by atomic mass is 9.79. The van der Waals surface area contributed by atoms with Crippen LogP contribution in [0.4, 0.5) is 4.79 Å². The van der Waals surface area contributed by atoms with E-state index in [1.54, 1.807) is 6.08 Å². The van der Waals surface area contributed by atoms with Crippen LogP contribution in [0.25, 0.3) is 0 Å². The molecule has 0 bridgehead atoms. The summed E-state index contributed by atoms with van der Waals surface area (Å²) < 4.78 is 6.27. The van der Waals surface area contributed by atoms with Crippen molar-refractivity contribution in [1.82, 2.24) is 10.2 Å². The number of carbonyl (C=O) groups is 2. The van der Waals surface area contributed by atoms with Crippen molar-refractivity contribution >= 4 is 18.1 Å². The van der Waals surface area contributed by atoms with E-state index >= 15 is 0 Å². The Bertz CT molecular complexity index is 816. The first-order valence-electron chi connectivity index (χ1n) is 17.7. The molecule has 3 saturated carbocycles. The number of hydrogen-bond acceptors (Lipinski definition) is 5.